The first kappa shape index (κ1) is 51.5. The predicted molar refractivity (Wildman–Crippen MR) is 225 cm³/mol. The van der Waals surface area contributed by atoms with Crippen molar-refractivity contribution in [1.82, 2.24) is 0 Å². The van der Waals surface area contributed by atoms with Gasteiger partial charge in [-0.25, -0.2) is 4.79 Å². The molecule has 314 valence electrons. The van der Waals surface area contributed by atoms with Crippen LogP contribution in [0.2, 0.25) is 0 Å². The van der Waals surface area contributed by atoms with Gasteiger partial charge in [-0.3, -0.25) is 9.59 Å². The third-order valence-corrected chi connectivity index (χ3v) is 9.80. The Morgan fingerprint density at radius 3 is 1.54 bits per heavy atom. The highest BCUT2D eigenvalue weighted by molar-refractivity contribution is 5.72. The Balaban J connectivity index is 4.33. The highest BCUT2D eigenvalue weighted by atomic mass is 16.6. The highest BCUT2D eigenvalue weighted by Crippen LogP contribution is 2.15. The topological polar surface area (TPSA) is 99.1 Å². The highest BCUT2D eigenvalue weighted by Gasteiger charge is 2.31. The van der Waals surface area contributed by atoms with E-state index in [1.807, 2.05) is 21.1 Å². The molecule has 0 aliphatic carbocycles. The molecule has 2 atom stereocenters. The van der Waals surface area contributed by atoms with Gasteiger partial charge in [-0.1, -0.05) is 159 Å². The third-order valence-electron chi connectivity index (χ3n) is 9.80. The molecule has 0 amide bonds. The van der Waals surface area contributed by atoms with Crippen molar-refractivity contribution in [1.29, 1.82) is 0 Å². The van der Waals surface area contributed by atoms with Crippen LogP contribution in [0.4, 0.5) is 0 Å². The Hall–Kier alpha value is -2.45. The van der Waals surface area contributed by atoms with Crippen LogP contribution >= 0.6 is 0 Å². The van der Waals surface area contributed by atoms with Gasteiger partial charge in [-0.2, -0.15) is 0 Å². The summed E-state index contributed by atoms with van der Waals surface area (Å²) in [5.41, 5.74) is 0. The Morgan fingerprint density at radius 2 is 1.04 bits per heavy atom. The lowest BCUT2D eigenvalue weighted by atomic mass is 10.0. The number of carboxylic acid groups (broad SMARTS) is 1. The molecule has 2 unspecified atom stereocenters. The average Bonchev–Trinajstić information content (AvgIpc) is 3.12. The molecular weight excluding hydrogens is 679 g/mol. The van der Waals surface area contributed by atoms with E-state index in [0.717, 1.165) is 57.8 Å². The molecule has 0 radical (unpaired) electrons. The lowest BCUT2D eigenvalue weighted by molar-refractivity contribution is -0.887. The predicted octanol–water partition coefficient (Wildman–Crippen LogP) is 11.9. The summed E-state index contributed by atoms with van der Waals surface area (Å²) in [5, 5.41) is 9.61. The number of rotatable bonds is 39. The van der Waals surface area contributed by atoms with Crippen LogP contribution < -0.4 is 0 Å². The summed E-state index contributed by atoms with van der Waals surface area (Å²) in [6.07, 6.45) is 42.0. The van der Waals surface area contributed by atoms with E-state index in [1.54, 1.807) is 0 Å². The van der Waals surface area contributed by atoms with E-state index in [1.165, 1.54) is 96.3 Å². The normalized spacial score (nSPS) is 13.3. The maximum atomic E-state index is 12.7. The van der Waals surface area contributed by atoms with Crippen LogP contribution in [0.3, 0.4) is 0 Å². The van der Waals surface area contributed by atoms with Gasteiger partial charge in [0, 0.05) is 19.3 Å². The molecular formula is C46H84NO7+. The summed E-state index contributed by atoms with van der Waals surface area (Å²) in [6, 6.07) is -0.618. The number of ether oxygens (including phenoxy) is 3. The van der Waals surface area contributed by atoms with Crippen LogP contribution in [0.1, 0.15) is 187 Å². The summed E-state index contributed by atoms with van der Waals surface area (Å²) >= 11 is 0. The molecule has 0 saturated heterocycles. The number of likely N-dealkylation sites (N-methyl/N-ethyl adjacent to an activating group) is 1. The molecule has 0 heterocycles. The Kier molecular flexibility index (Phi) is 35.8. The Morgan fingerprint density at radius 1 is 0.574 bits per heavy atom. The number of unbranched alkanes of at least 4 members (excludes halogenated alkanes) is 19. The molecule has 0 rings (SSSR count). The second-order valence-corrected chi connectivity index (χ2v) is 15.9. The first-order valence-corrected chi connectivity index (χ1v) is 22.0. The summed E-state index contributed by atoms with van der Waals surface area (Å²) in [7, 11) is 5.51. The Labute approximate surface area is 332 Å². The van der Waals surface area contributed by atoms with Gasteiger partial charge in [0.2, 0.25) is 0 Å². The van der Waals surface area contributed by atoms with Crippen molar-refractivity contribution in [2.75, 3.05) is 41.0 Å². The second kappa shape index (κ2) is 37.5. The number of hydrogen-bond donors (Lipinski definition) is 1. The lowest BCUT2D eigenvalue weighted by Crippen LogP contribution is -2.50. The summed E-state index contributed by atoms with van der Waals surface area (Å²) in [5.74, 6) is -1.51. The first-order chi connectivity index (χ1) is 26.1. The number of carbonyl (C=O) groups is 3. The van der Waals surface area contributed by atoms with E-state index in [4.69, 9.17) is 14.2 Å². The van der Waals surface area contributed by atoms with Gasteiger partial charge in [0.1, 0.15) is 6.61 Å². The molecule has 0 spiro atoms. The van der Waals surface area contributed by atoms with Crippen molar-refractivity contribution in [3.05, 3.63) is 36.5 Å². The van der Waals surface area contributed by atoms with Crippen molar-refractivity contribution >= 4 is 17.9 Å². The van der Waals surface area contributed by atoms with Crippen LogP contribution in [0.5, 0.6) is 0 Å². The number of hydrogen-bond acceptors (Lipinski definition) is 6. The van der Waals surface area contributed by atoms with Gasteiger partial charge >= 0.3 is 17.9 Å². The zero-order valence-electron chi connectivity index (χ0n) is 35.7. The molecule has 0 aliphatic rings. The molecule has 0 aromatic heterocycles. The minimum atomic E-state index is -0.879. The molecule has 1 N–H and O–H groups in total. The van der Waals surface area contributed by atoms with Gasteiger partial charge in [0.25, 0.3) is 0 Å². The van der Waals surface area contributed by atoms with Crippen LogP contribution in [0.15, 0.2) is 36.5 Å². The van der Waals surface area contributed by atoms with E-state index in [0.29, 0.717) is 19.3 Å². The number of allylic oxidation sites excluding steroid dienone is 6. The minimum Gasteiger partial charge on any atom is -0.477 e. The first-order valence-electron chi connectivity index (χ1n) is 22.0. The number of nitrogens with zero attached hydrogens (tertiary/aromatic N) is 1. The molecule has 0 saturated carbocycles. The molecule has 0 aromatic carbocycles. The van der Waals surface area contributed by atoms with E-state index in [-0.39, 0.29) is 36.2 Å². The van der Waals surface area contributed by atoms with Crippen molar-refractivity contribution in [3.8, 4) is 0 Å². The maximum Gasteiger partial charge on any atom is 0.362 e. The number of quaternary nitrogens is 1. The standard InChI is InChI=1S/C46H83NO7/c1-6-8-10-12-14-16-18-20-21-22-23-24-25-27-29-31-33-35-37-45(49)54-42(40-52-39-38-43(46(50)51)47(3,4)5)41-53-44(48)36-34-32-30-28-26-19-17-15-13-11-9-7-2/h9,11,15,17,26,28,42-43H,6-8,10,12-14,16,18-25,27,29-41H2,1-5H3/p+1/b11-9+,17-15+,28-26+. The van der Waals surface area contributed by atoms with Gasteiger partial charge in [0.05, 0.1) is 34.4 Å². The summed E-state index contributed by atoms with van der Waals surface area (Å²) < 4.78 is 17.2. The number of aliphatic carboxylic acids is 1. The van der Waals surface area contributed by atoms with E-state index >= 15 is 0 Å². The summed E-state index contributed by atoms with van der Waals surface area (Å²) in [4.78, 5) is 36.9. The molecule has 0 fully saturated rings. The van der Waals surface area contributed by atoms with Crippen LogP contribution in [-0.4, -0.2) is 80.6 Å². The van der Waals surface area contributed by atoms with Gasteiger partial charge in [-0.15, -0.1) is 0 Å². The second-order valence-electron chi connectivity index (χ2n) is 15.9. The van der Waals surface area contributed by atoms with E-state index in [2.05, 4.69) is 50.3 Å². The van der Waals surface area contributed by atoms with E-state index < -0.39 is 18.1 Å². The lowest BCUT2D eigenvalue weighted by Gasteiger charge is -2.31. The third kappa shape index (κ3) is 35.3. The van der Waals surface area contributed by atoms with Gasteiger partial charge < -0.3 is 23.8 Å². The fraction of sp³-hybridized carbons (Fsp3) is 0.804. The quantitative estimate of drug-likeness (QED) is 0.0288. The molecule has 54 heavy (non-hydrogen) atoms. The number of carbonyl (C=O) groups excluding carboxylic acids is 2. The number of esters is 2. The van der Waals surface area contributed by atoms with Crippen molar-refractivity contribution in [3.63, 3.8) is 0 Å². The van der Waals surface area contributed by atoms with Gasteiger partial charge in [0.15, 0.2) is 12.1 Å². The molecule has 0 aliphatic heterocycles. The SMILES string of the molecule is CC/C=C/C/C=C/C/C=C/CCCCC(=O)OCC(COCCC(C(=O)O)[N+](C)(C)C)OC(=O)CCCCCCCCCCCCCCCCCCCC. The molecule has 0 bridgehead atoms. The minimum absolute atomic E-state index is 0.0513. The van der Waals surface area contributed by atoms with Gasteiger partial charge in [-0.05, 0) is 44.9 Å². The molecule has 0 aromatic rings. The van der Waals surface area contributed by atoms with E-state index in [9.17, 15) is 19.5 Å². The zero-order chi connectivity index (χ0) is 40.0. The van der Waals surface area contributed by atoms with Crippen LogP contribution in [-0.2, 0) is 28.6 Å². The van der Waals surface area contributed by atoms with Crippen molar-refractivity contribution in [2.24, 2.45) is 0 Å². The van der Waals surface area contributed by atoms with Crippen LogP contribution in [0, 0.1) is 0 Å². The number of carboxylic acids is 1. The summed E-state index contributed by atoms with van der Waals surface area (Å²) in [6.45, 7) is 4.59. The van der Waals surface area contributed by atoms with Crippen LogP contribution in [0.25, 0.3) is 0 Å². The largest absolute Gasteiger partial charge is 0.477 e. The fourth-order valence-electron chi connectivity index (χ4n) is 6.40. The molecule has 8 nitrogen and oxygen atoms in total. The smallest absolute Gasteiger partial charge is 0.362 e. The Bertz CT molecular complexity index is 984. The van der Waals surface area contributed by atoms with Crippen molar-refractivity contribution < 1.29 is 38.2 Å². The molecule has 8 heteroatoms. The zero-order valence-corrected chi connectivity index (χ0v) is 35.7. The maximum absolute atomic E-state index is 12.7. The average molecular weight is 763 g/mol. The fourth-order valence-corrected chi connectivity index (χ4v) is 6.40. The monoisotopic (exact) mass is 763 g/mol. The van der Waals surface area contributed by atoms with Crippen molar-refractivity contribution in [2.45, 2.75) is 199 Å².